The molecule has 1 amide bonds. The standard InChI is InChI=1S/C20H22N2O2/c1-22(2)15-14-21-20(23)18-10-6-16(7-11-18)4-5-17-8-12-19(24-3)13-9-17/h6-13H,14-15H2,1-3H3,(H,21,23). The summed E-state index contributed by atoms with van der Waals surface area (Å²) < 4.78 is 5.12. The topological polar surface area (TPSA) is 41.6 Å². The third-order valence-electron chi connectivity index (χ3n) is 3.43. The van der Waals surface area contributed by atoms with E-state index >= 15 is 0 Å². The van der Waals surface area contributed by atoms with Crippen molar-refractivity contribution in [2.75, 3.05) is 34.3 Å². The maximum absolute atomic E-state index is 12.0. The highest BCUT2D eigenvalue weighted by Crippen LogP contribution is 2.10. The van der Waals surface area contributed by atoms with Crippen LogP contribution in [0.3, 0.4) is 0 Å². The van der Waals surface area contributed by atoms with E-state index in [1.54, 1.807) is 19.2 Å². The van der Waals surface area contributed by atoms with E-state index in [4.69, 9.17) is 4.74 Å². The molecule has 1 N–H and O–H groups in total. The molecule has 0 unspecified atom stereocenters. The van der Waals surface area contributed by atoms with Crippen molar-refractivity contribution in [2.45, 2.75) is 0 Å². The normalized spacial score (nSPS) is 10.0. The highest BCUT2D eigenvalue weighted by molar-refractivity contribution is 5.94. The summed E-state index contributed by atoms with van der Waals surface area (Å²) in [6, 6.07) is 14.9. The zero-order valence-electron chi connectivity index (χ0n) is 14.3. The van der Waals surface area contributed by atoms with Gasteiger partial charge in [-0.1, -0.05) is 11.8 Å². The Kier molecular flexibility index (Phi) is 6.41. The van der Waals surface area contributed by atoms with Crippen molar-refractivity contribution >= 4 is 5.91 Å². The van der Waals surface area contributed by atoms with Crippen LogP contribution in [-0.4, -0.2) is 45.1 Å². The minimum absolute atomic E-state index is 0.0634. The number of ether oxygens (including phenoxy) is 1. The van der Waals surface area contributed by atoms with Crippen LogP contribution in [-0.2, 0) is 0 Å². The molecule has 4 nitrogen and oxygen atoms in total. The van der Waals surface area contributed by atoms with Crippen LogP contribution in [0, 0.1) is 11.8 Å². The Balaban J connectivity index is 1.96. The molecule has 0 aliphatic carbocycles. The zero-order chi connectivity index (χ0) is 17.4. The van der Waals surface area contributed by atoms with Crippen molar-refractivity contribution in [3.8, 4) is 17.6 Å². The minimum atomic E-state index is -0.0634. The summed E-state index contributed by atoms with van der Waals surface area (Å²) in [5, 5.41) is 2.89. The highest BCUT2D eigenvalue weighted by Gasteiger charge is 2.04. The second-order valence-corrected chi connectivity index (χ2v) is 5.62. The number of rotatable bonds is 5. The number of carbonyl (C=O) groups excluding carboxylic acids is 1. The van der Waals surface area contributed by atoms with Gasteiger partial charge < -0.3 is 15.0 Å². The average Bonchev–Trinajstić information content (AvgIpc) is 2.60. The van der Waals surface area contributed by atoms with Crippen LogP contribution in [0.5, 0.6) is 5.75 Å². The Morgan fingerprint density at radius 3 is 2.04 bits per heavy atom. The van der Waals surface area contributed by atoms with E-state index in [1.165, 1.54) is 0 Å². The molecule has 24 heavy (non-hydrogen) atoms. The van der Waals surface area contributed by atoms with Crippen molar-refractivity contribution in [2.24, 2.45) is 0 Å². The molecule has 0 saturated carbocycles. The first-order valence-electron chi connectivity index (χ1n) is 7.77. The molecule has 2 rings (SSSR count). The first-order valence-corrected chi connectivity index (χ1v) is 7.77. The summed E-state index contributed by atoms with van der Waals surface area (Å²) in [4.78, 5) is 14.0. The van der Waals surface area contributed by atoms with Gasteiger partial charge in [-0.2, -0.15) is 0 Å². The molecular weight excluding hydrogens is 300 g/mol. The number of nitrogens with zero attached hydrogens (tertiary/aromatic N) is 1. The maximum Gasteiger partial charge on any atom is 0.251 e. The SMILES string of the molecule is COc1ccc(C#Cc2ccc(C(=O)NCCN(C)C)cc2)cc1. The predicted octanol–water partition coefficient (Wildman–Crippen LogP) is 2.39. The number of amides is 1. The molecule has 2 aromatic rings. The van der Waals surface area contributed by atoms with E-state index < -0.39 is 0 Å². The Morgan fingerprint density at radius 1 is 1.00 bits per heavy atom. The monoisotopic (exact) mass is 322 g/mol. The zero-order valence-corrected chi connectivity index (χ0v) is 14.3. The van der Waals surface area contributed by atoms with E-state index in [2.05, 4.69) is 17.2 Å². The molecule has 0 fully saturated rings. The summed E-state index contributed by atoms with van der Waals surface area (Å²) >= 11 is 0. The Morgan fingerprint density at radius 2 is 1.54 bits per heavy atom. The van der Waals surface area contributed by atoms with Gasteiger partial charge in [-0.3, -0.25) is 4.79 Å². The lowest BCUT2D eigenvalue weighted by Crippen LogP contribution is -2.31. The first-order chi connectivity index (χ1) is 11.6. The van der Waals surface area contributed by atoms with E-state index in [9.17, 15) is 4.79 Å². The van der Waals surface area contributed by atoms with Crippen LogP contribution in [0.1, 0.15) is 21.5 Å². The Hall–Kier alpha value is -2.77. The summed E-state index contributed by atoms with van der Waals surface area (Å²) in [7, 11) is 5.59. The first kappa shape index (κ1) is 17.6. The maximum atomic E-state index is 12.0. The van der Waals surface area contributed by atoms with E-state index in [0.29, 0.717) is 12.1 Å². The predicted molar refractivity (Wildman–Crippen MR) is 96.3 cm³/mol. The van der Waals surface area contributed by atoms with Crippen molar-refractivity contribution in [3.63, 3.8) is 0 Å². The lowest BCUT2D eigenvalue weighted by Gasteiger charge is -2.10. The number of likely N-dealkylation sites (N-methyl/N-ethyl adjacent to an activating group) is 1. The number of hydrogen-bond donors (Lipinski definition) is 1. The largest absolute Gasteiger partial charge is 0.497 e. The van der Waals surface area contributed by atoms with Crippen LogP contribution in [0.2, 0.25) is 0 Å². The summed E-state index contributed by atoms with van der Waals surface area (Å²) in [5.74, 6) is 6.94. The third kappa shape index (κ3) is 5.45. The number of benzene rings is 2. The lowest BCUT2D eigenvalue weighted by molar-refractivity contribution is 0.0951. The van der Waals surface area contributed by atoms with Crippen LogP contribution in [0.15, 0.2) is 48.5 Å². The fourth-order valence-electron chi connectivity index (χ4n) is 2.02. The molecule has 0 radical (unpaired) electrons. The third-order valence-corrected chi connectivity index (χ3v) is 3.43. The van der Waals surface area contributed by atoms with E-state index in [1.807, 2.05) is 55.4 Å². The number of nitrogens with one attached hydrogen (secondary N) is 1. The van der Waals surface area contributed by atoms with Gasteiger partial charge in [-0.05, 0) is 62.6 Å². The van der Waals surface area contributed by atoms with Gasteiger partial charge >= 0.3 is 0 Å². The van der Waals surface area contributed by atoms with Gasteiger partial charge in [0, 0.05) is 29.8 Å². The second-order valence-electron chi connectivity index (χ2n) is 5.62. The summed E-state index contributed by atoms with van der Waals surface area (Å²) in [5.41, 5.74) is 2.43. The molecule has 0 aromatic heterocycles. The average molecular weight is 322 g/mol. The molecule has 0 bridgehead atoms. The fourth-order valence-corrected chi connectivity index (χ4v) is 2.02. The van der Waals surface area contributed by atoms with Crippen molar-refractivity contribution < 1.29 is 9.53 Å². The quantitative estimate of drug-likeness (QED) is 0.860. The van der Waals surface area contributed by atoms with Gasteiger partial charge in [0.1, 0.15) is 5.75 Å². The van der Waals surface area contributed by atoms with Crippen LogP contribution in [0.4, 0.5) is 0 Å². The van der Waals surface area contributed by atoms with Gasteiger partial charge in [0.05, 0.1) is 7.11 Å². The van der Waals surface area contributed by atoms with E-state index in [0.717, 1.165) is 23.4 Å². The van der Waals surface area contributed by atoms with Gasteiger partial charge in [0.15, 0.2) is 0 Å². The van der Waals surface area contributed by atoms with Crippen molar-refractivity contribution in [1.29, 1.82) is 0 Å². The number of methoxy groups -OCH3 is 1. The van der Waals surface area contributed by atoms with Crippen LogP contribution < -0.4 is 10.1 Å². The summed E-state index contributed by atoms with van der Waals surface area (Å²) in [6.07, 6.45) is 0. The molecule has 2 aromatic carbocycles. The van der Waals surface area contributed by atoms with Crippen LogP contribution in [0.25, 0.3) is 0 Å². The van der Waals surface area contributed by atoms with Gasteiger partial charge in [-0.25, -0.2) is 0 Å². The van der Waals surface area contributed by atoms with Gasteiger partial charge in [0.25, 0.3) is 5.91 Å². The highest BCUT2D eigenvalue weighted by atomic mass is 16.5. The molecule has 0 heterocycles. The lowest BCUT2D eigenvalue weighted by atomic mass is 10.1. The van der Waals surface area contributed by atoms with Crippen molar-refractivity contribution in [3.05, 3.63) is 65.2 Å². The Labute approximate surface area is 143 Å². The molecule has 0 saturated heterocycles. The molecule has 0 spiro atoms. The molecule has 124 valence electrons. The minimum Gasteiger partial charge on any atom is -0.497 e. The molecule has 0 atom stereocenters. The van der Waals surface area contributed by atoms with Crippen LogP contribution >= 0.6 is 0 Å². The second kappa shape index (κ2) is 8.76. The van der Waals surface area contributed by atoms with Gasteiger partial charge in [-0.15, -0.1) is 0 Å². The smallest absolute Gasteiger partial charge is 0.251 e. The van der Waals surface area contributed by atoms with Gasteiger partial charge in [0.2, 0.25) is 0 Å². The Bertz CT molecular complexity index is 723. The molecule has 0 aliphatic heterocycles. The fraction of sp³-hybridized carbons (Fsp3) is 0.250. The molecule has 4 heteroatoms. The van der Waals surface area contributed by atoms with E-state index in [-0.39, 0.29) is 5.91 Å². The molecule has 0 aliphatic rings. The molecular formula is C20H22N2O2. The number of hydrogen-bond acceptors (Lipinski definition) is 3. The summed E-state index contributed by atoms with van der Waals surface area (Å²) in [6.45, 7) is 1.45. The number of carbonyl (C=O) groups is 1. The van der Waals surface area contributed by atoms with Crippen molar-refractivity contribution in [1.82, 2.24) is 10.2 Å².